The lowest BCUT2D eigenvalue weighted by molar-refractivity contribution is -0.139. The number of benzene rings is 1. The van der Waals surface area contributed by atoms with Crippen LogP contribution in [0.4, 0.5) is 0 Å². The maximum Gasteiger partial charge on any atom is 0.305 e. The number of carboxylic acid groups (broad SMARTS) is 1. The fourth-order valence-corrected chi connectivity index (χ4v) is 1.99. The molecule has 1 amide bonds. The van der Waals surface area contributed by atoms with E-state index in [0.717, 1.165) is 16.7 Å². The summed E-state index contributed by atoms with van der Waals surface area (Å²) in [6.45, 7) is 5.83. The number of rotatable bonds is 5. The van der Waals surface area contributed by atoms with E-state index in [2.05, 4.69) is 5.32 Å². The molecule has 5 heteroatoms. The molecule has 0 aliphatic carbocycles. The van der Waals surface area contributed by atoms with Gasteiger partial charge in [-0.25, -0.2) is 0 Å². The molecule has 1 aromatic rings. The maximum atomic E-state index is 11.7. The van der Waals surface area contributed by atoms with Crippen LogP contribution in [-0.2, 0) is 9.59 Å². The molecule has 0 fully saturated rings. The monoisotopic (exact) mass is 264 g/mol. The molecule has 0 heterocycles. The Hall–Kier alpha value is -1.88. The van der Waals surface area contributed by atoms with Crippen LogP contribution in [0.15, 0.2) is 18.2 Å². The van der Waals surface area contributed by atoms with Gasteiger partial charge in [-0.3, -0.25) is 9.59 Å². The van der Waals surface area contributed by atoms with E-state index in [1.165, 1.54) is 0 Å². The average Bonchev–Trinajstić information content (AvgIpc) is 2.27. The number of hydrogen-bond donors (Lipinski definition) is 3. The molecule has 0 saturated carbocycles. The van der Waals surface area contributed by atoms with Crippen LogP contribution in [-0.4, -0.2) is 23.0 Å². The Kier molecular flexibility index (Phi) is 5.06. The van der Waals surface area contributed by atoms with Gasteiger partial charge < -0.3 is 16.2 Å². The molecule has 4 N–H and O–H groups in total. The maximum absolute atomic E-state index is 11.7. The second-order valence-electron chi connectivity index (χ2n) is 4.79. The highest BCUT2D eigenvalue weighted by Crippen LogP contribution is 2.18. The SMILES string of the molecule is Cc1ccc(C(C)NC(=O)C(N)CC(=O)O)c(C)c1. The highest BCUT2D eigenvalue weighted by atomic mass is 16.4. The van der Waals surface area contributed by atoms with Crippen LogP contribution in [0.3, 0.4) is 0 Å². The molecule has 0 radical (unpaired) electrons. The van der Waals surface area contributed by atoms with E-state index < -0.39 is 17.9 Å². The van der Waals surface area contributed by atoms with Gasteiger partial charge in [-0.1, -0.05) is 23.8 Å². The van der Waals surface area contributed by atoms with E-state index in [-0.39, 0.29) is 12.5 Å². The summed E-state index contributed by atoms with van der Waals surface area (Å²) in [6, 6.07) is 4.74. The van der Waals surface area contributed by atoms with Crippen molar-refractivity contribution < 1.29 is 14.7 Å². The third-order valence-corrected chi connectivity index (χ3v) is 2.98. The van der Waals surface area contributed by atoms with Crippen LogP contribution in [0.2, 0.25) is 0 Å². The number of carbonyl (C=O) groups is 2. The summed E-state index contributed by atoms with van der Waals surface area (Å²) in [5, 5.41) is 11.3. The standard InChI is InChI=1S/C14H20N2O3/c1-8-4-5-11(9(2)6-8)10(3)16-14(19)12(15)7-13(17)18/h4-6,10,12H,7,15H2,1-3H3,(H,16,19)(H,17,18). The van der Waals surface area contributed by atoms with Crippen LogP contribution < -0.4 is 11.1 Å². The minimum absolute atomic E-state index is 0.201. The quantitative estimate of drug-likeness (QED) is 0.747. The number of aliphatic carboxylic acids is 1. The van der Waals surface area contributed by atoms with Crippen LogP contribution >= 0.6 is 0 Å². The van der Waals surface area contributed by atoms with Gasteiger partial charge in [0.1, 0.15) is 0 Å². The molecule has 0 bridgehead atoms. The number of hydrogen-bond acceptors (Lipinski definition) is 3. The van der Waals surface area contributed by atoms with E-state index >= 15 is 0 Å². The molecule has 1 aromatic carbocycles. The van der Waals surface area contributed by atoms with Gasteiger partial charge in [0.05, 0.1) is 18.5 Å². The Labute approximate surface area is 112 Å². The van der Waals surface area contributed by atoms with Crippen molar-refractivity contribution in [3.63, 3.8) is 0 Å². The van der Waals surface area contributed by atoms with Crippen molar-refractivity contribution in [3.8, 4) is 0 Å². The minimum atomic E-state index is -1.08. The van der Waals surface area contributed by atoms with Gasteiger partial charge in [-0.2, -0.15) is 0 Å². The Bertz CT molecular complexity index is 486. The summed E-state index contributed by atoms with van der Waals surface area (Å²) >= 11 is 0. The summed E-state index contributed by atoms with van der Waals surface area (Å²) in [7, 11) is 0. The van der Waals surface area contributed by atoms with E-state index in [4.69, 9.17) is 10.8 Å². The fourth-order valence-electron chi connectivity index (χ4n) is 1.99. The predicted octanol–water partition coefficient (Wildman–Crippen LogP) is 1.28. The molecule has 5 nitrogen and oxygen atoms in total. The van der Waals surface area contributed by atoms with Gasteiger partial charge in [0.25, 0.3) is 0 Å². The number of nitrogens with two attached hydrogens (primary N) is 1. The molecule has 2 unspecified atom stereocenters. The zero-order valence-electron chi connectivity index (χ0n) is 11.4. The first kappa shape index (κ1) is 15.2. The van der Waals surface area contributed by atoms with Crippen molar-refractivity contribution in [1.29, 1.82) is 0 Å². The average molecular weight is 264 g/mol. The summed E-state index contributed by atoms with van der Waals surface area (Å²) in [6.07, 6.45) is -0.370. The molecule has 19 heavy (non-hydrogen) atoms. The van der Waals surface area contributed by atoms with Crippen molar-refractivity contribution in [1.82, 2.24) is 5.32 Å². The molecule has 104 valence electrons. The first-order valence-electron chi connectivity index (χ1n) is 6.16. The second kappa shape index (κ2) is 6.33. The third-order valence-electron chi connectivity index (χ3n) is 2.98. The highest BCUT2D eigenvalue weighted by molar-refractivity contribution is 5.86. The summed E-state index contributed by atoms with van der Waals surface area (Å²) in [5.41, 5.74) is 8.75. The molecule has 0 spiro atoms. The number of carboxylic acids is 1. The molecular formula is C14H20N2O3. The summed E-state index contributed by atoms with van der Waals surface area (Å²) in [5.74, 6) is -1.53. The second-order valence-corrected chi connectivity index (χ2v) is 4.79. The largest absolute Gasteiger partial charge is 0.481 e. The lowest BCUT2D eigenvalue weighted by atomic mass is 10.00. The Balaban J connectivity index is 2.71. The first-order chi connectivity index (χ1) is 8.81. The minimum Gasteiger partial charge on any atom is -0.481 e. The predicted molar refractivity (Wildman–Crippen MR) is 72.7 cm³/mol. The van der Waals surface area contributed by atoms with Gasteiger partial charge in [0.2, 0.25) is 5.91 Å². The lowest BCUT2D eigenvalue weighted by Gasteiger charge is -2.19. The first-order valence-corrected chi connectivity index (χ1v) is 6.16. The number of aryl methyl sites for hydroxylation is 2. The lowest BCUT2D eigenvalue weighted by Crippen LogP contribution is -2.42. The molecule has 1 rings (SSSR count). The van der Waals surface area contributed by atoms with Crippen LogP contribution in [0.5, 0.6) is 0 Å². The fraction of sp³-hybridized carbons (Fsp3) is 0.429. The van der Waals surface area contributed by atoms with E-state index in [1.54, 1.807) is 0 Å². The zero-order chi connectivity index (χ0) is 14.6. The Morgan fingerprint density at radius 3 is 2.53 bits per heavy atom. The highest BCUT2D eigenvalue weighted by Gasteiger charge is 2.19. The molecule has 0 aromatic heterocycles. The smallest absolute Gasteiger partial charge is 0.305 e. The number of carbonyl (C=O) groups excluding carboxylic acids is 1. The van der Waals surface area contributed by atoms with Crippen LogP contribution in [0.25, 0.3) is 0 Å². The van der Waals surface area contributed by atoms with Crippen molar-refractivity contribution in [2.24, 2.45) is 5.73 Å². The summed E-state index contributed by atoms with van der Waals surface area (Å²) < 4.78 is 0. The third kappa shape index (κ3) is 4.37. The van der Waals surface area contributed by atoms with Gasteiger partial charge in [-0.15, -0.1) is 0 Å². The van der Waals surface area contributed by atoms with Crippen LogP contribution in [0.1, 0.15) is 36.1 Å². The molecule has 0 aliphatic heterocycles. The van der Waals surface area contributed by atoms with E-state index in [1.807, 2.05) is 39.0 Å². The van der Waals surface area contributed by atoms with Gasteiger partial charge in [0, 0.05) is 0 Å². The molecular weight excluding hydrogens is 244 g/mol. The molecule has 2 atom stereocenters. The number of amides is 1. The van der Waals surface area contributed by atoms with E-state index in [9.17, 15) is 9.59 Å². The van der Waals surface area contributed by atoms with Crippen molar-refractivity contribution in [2.75, 3.05) is 0 Å². The Morgan fingerprint density at radius 2 is 2.00 bits per heavy atom. The van der Waals surface area contributed by atoms with Gasteiger partial charge in [0.15, 0.2) is 0 Å². The summed E-state index contributed by atoms with van der Waals surface area (Å²) in [4.78, 5) is 22.2. The van der Waals surface area contributed by atoms with E-state index in [0.29, 0.717) is 0 Å². The van der Waals surface area contributed by atoms with Crippen LogP contribution in [0, 0.1) is 13.8 Å². The molecule has 0 saturated heterocycles. The van der Waals surface area contributed by atoms with Gasteiger partial charge >= 0.3 is 5.97 Å². The number of nitrogens with one attached hydrogen (secondary N) is 1. The topological polar surface area (TPSA) is 92.4 Å². The Morgan fingerprint density at radius 1 is 1.37 bits per heavy atom. The molecule has 0 aliphatic rings. The van der Waals surface area contributed by atoms with Crippen molar-refractivity contribution in [3.05, 3.63) is 34.9 Å². The van der Waals surface area contributed by atoms with Crippen molar-refractivity contribution >= 4 is 11.9 Å². The van der Waals surface area contributed by atoms with Gasteiger partial charge in [-0.05, 0) is 31.9 Å². The van der Waals surface area contributed by atoms with Crippen molar-refractivity contribution in [2.45, 2.75) is 39.3 Å². The normalized spacial score (nSPS) is 13.7. The zero-order valence-corrected chi connectivity index (χ0v) is 11.4.